The Bertz CT molecular complexity index is 107. The van der Waals surface area contributed by atoms with Crippen LogP contribution < -0.4 is 0 Å². The van der Waals surface area contributed by atoms with Crippen molar-refractivity contribution in [2.45, 2.75) is 112 Å². The molecule has 1 saturated carbocycles. The molecule has 0 saturated heterocycles. The molecular formula is C19H43BrSn. The Hall–Kier alpha value is 1.28. The maximum atomic E-state index is 3.51. The van der Waals surface area contributed by atoms with E-state index in [1.165, 1.54) is 76.0 Å². The topological polar surface area (TPSA) is 0 Å². The number of hydrogen-bond donors (Lipinski definition) is 0. The summed E-state index contributed by atoms with van der Waals surface area (Å²) in [6, 6.07) is 0. The third kappa shape index (κ3) is 38.8. The predicted molar refractivity (Wildman–Crippen MR) is 108 cm³/mol. The fraction of sp³-hybridized carbons (Fsp3) is 1.00. The Morgan fingerprint density at radius 2 is 0.905 bits per heavy atom. The first-order valence-electron chi connectivity index (χ1n) is 9.23. The van der Waals surface area contributed by atoms with Gasteiger partial charge in [-0.1, -0.05) is 115 Å². The molecule has 0 bridgehead atoms. The van der Waals surface area contributed by atoms with Crippen LogP contribution in [0.4, 0.5) is 0 Å². The average molecular weight is 470 g/mol. The largest absolute Gasteiger partial charge is 0.0925 e. The van der Waals surface area contributed by atoms with Crippen molar-refractivity contribution in [3.8, 4) is 0 Å². The summed E-state index contributed by atoms with van der Waals surface area (Å²) < 4.78 is 0. The summed E-state index contributed by atoms with van der Waals surface area (Å²) in [6.07, 6.45) is 15.3. The van der Waals surface area contributed by atoms with Crippen molar-refractivity contribution in [3.63, 3.8) is 0 Å². The normalized spacial score (nSPS) is 13.3. The molecule has 0 spiro atoms. The van der Waals surface area contributed by atoms with Crippen LogP contribution in [0.3, 0.4) is 0 Å². The van der Waals surface area contributed by atoms with E-state index in [4.69, 9.17) is 0 Å². The Balaban J connectivity index is -0.0000000973. The Labute approximate surface area is 162 Å². The van der Waals surface area contributed by atoms with Crippen LogP contribution in [0.15, 0.2) is 0 Å². The molecule has 4 radical (unpaired) electrons. The van der Waals surface area contributed by atoms with Gasteiger partial charge in [0.05, 0.1) is 0 Å². The summed E-state index contributed by atoms with van der Waals surface area (Å²) in [5, 5.41) is 1.23. The van der Waals surface area contributed by atoms with E-state index in [1.807, 2.05) is 0 Å². The molecular weight excluding hydrogens is 427 g/mol. The number of halogens is 1. The Morgan fingerprint density at radius 3 is 1.05 bits per heavy atom. The SMILES string of the molecule is BrCC1CCCCC1.CCCC.CCCC.CCCC.[Sn]. The van der Waals surface area contributed by atoms with E-state index in [2.05, 4.69) is 57.5 Å². The first-order valence-corrected chi connectivity index (χ1v) is 10.4. The second-order valence-electron chi connectivity index (χ2n) is 5.66. The second-order valence-corrected chi connectivity index (χ2v) is 6.31. The third-order valence-electron chi connectivity index (χ3n) is 3.44. The fourth-order valence-electron chi connectivity index (χ4n) is 1.34. The monoisotopic (exact) mass is 470 g/mol. The van der Waals surface area contributed by atoms with Gasteiger partial charge in [0.1, 0.15) is 0 Å². The van der Waals surface area contributed by atoms with E-state index < -0.39 is 0 Å². The van der Waals surface area contributed by atoms with Crippen LogP contribution in [0.2, 0.25) is 0 Å². The number of hydrogen-bond acceptors (Lipinski definition) is 0. The minimum Gasteiger partial charge on any atom is -0.0925 e. The molecule has 0 aromatic carbocycles. The number of rotatable bonds is 4. The van der Waals surface area contributed by atoms with Crippen LogP contribution in [0, 0.1) is 5.92 Å². The van der Waals surface area contributed by atoms with Crippen molar-refractivity contribution in [2.75, 3.05) is 5.33 Å². The summed E-state index contributed by atoms with van der Waals surface area (Å²) in [5.74, 6) is 1.00. The number of alkyl halides is 1. The molecule has 1 fully saturated rings. The maximum absolute atomic E-state index is 3.51. The van der Waals surface area contributed by atoms with Crippen LogP contribution in [0.1, 0.15) is 112 Å². The van der Waals surface area contributed by atoms with Gasteiger partial charge in [-0.2, -0.15) is 0 Å². The van der Waals surface area contributed by atoms with Gasteiger partial charge in [0, 0.05) is 29.2 Å². The minimum atomic E-state index is 0. The standard InChI is InChI=1S/C7H13Br.3C4H10.Sn/c8-6-7-4-2-1-3-5-7;3*1-3-4-2;/h7H,1-6H2;3*3-4H2,1-2H3;. The zero-order chi connectivity index (χ0) is 16.1. The minimum absolute atomic E-state index is 0. The zero-order valence-electron chi connectivity index (χ0n) is 15.9. The summed E-state index contributed by atoms with van der Waals surface area (Å²) in [6.45, 7) is 13.1. The first kappa shape index (κ1) is 30.2. The quantitative estimate of drug-likeness (QED) is 0.289. The molecule has 0 N–H and O–H groups in total. The molecule has 0 aromatic rings. The molecule has 0 aromatic heterocycles. The van der Waals surface area contributed by atoms with Crippen LogP contribution in [-0.4, -0.2) is 29.2 Å². The van der Waals surface area contributed by atoms with Crippen molar-refractivity contribution in [1.82, 2.24) is 0 Å². The van der Waals surface area contributed by atoms with Crippen molar-refractivity contribution in [3.05, 3.63) is 0 Å². The van der Waals surface area contributed by atoms with Crippen LogP contribution >= 0.6 is 15.9 Å². The van der Waals surface area contributed by atoms with Crippen molar-refractivity contribution in [2.24, 2.45) is 5.92 Å². The van der Waals surface area contributed by atoms with Gasteiger partial charge in [-0.25, -0.2) is 0 Å². The van der Waals surface area contributed by atoms with Crippen LogP contribution in [0.25, 0.3) is 0 Å². The number of unbranched alkanes of at least 4 members (excludes halogenated alkanes) is 3. The molecule has 0 amide bonds. The van der Waals surface area contributed by atoms with E-state index in [1.54, 1.807) is 0 Å². The molecule has 0 aliphatic heterocycles. The van der Waals surface area contributed by atoms with E-state index in [0.29, 0.717) is 0 Å². The molecule has 0 heterocycles. The molecule has 2 heteroatoms. The van der Waals surface area contributed by atoms with E-state index >= 15 is 0 Å². The first-order chi connectivity index (χ1) is 9.67. The van der Waals surface area contributed by atoms with Crippen molar-refractivity contribution >= 4 is 39.8 Å². The van der Waals surface area contributed by atoms with E-state index in [-0.39, 0.29) is 23.9 Å². The summed E-state index contributed by atoms with van der Waals surface area (Å²) in [5.41, 5.74) is 0. The second kappa shape index (κ2) is 33.0. The molecule has 0 nitrogen and oxygen atoms in total. The molecule has 130 valence electrons. The molecule has 1 aliphatic rings. The smallest absolute Gasteiger partial charge is 0.00596 e. The molecule has 1 rings (SSSR count). The molecule has 0 atom stereocenters. The molecule has 21 heavy (non-hydrogen) atoms. The maximum Gasteiger partial charge on any atom is 0.00596 e. The summed E-state index contributed by atoms with van der Waals surface area (Å²) in [7, 11) is 0. The van der Waals surface area contributed by atoms with Gasteiger partial charge < -0.3 is 0 Å². The van der Waals surface area contributed by atoms with E-state index in [0.717, 1.165) is 5.92 Å². The predicted octanol–water partition coefficient (Wildman–Crippen LogP) is 8.00. The molecule has 0 unspecified atom stereocenters. The summed E-state index contributed by atoms with van der Waals surface area (Å²) >= 11 is 3.51. The van der Waals surface area contributed by atoms with E-state index in [9.17, 15) is 0 Å². The average Bonchev–Trinajstić information content (AvgIpc) is 2.56. The van der Waals surface area contributed by atoms with Crippen LogP contribution in [0.5, 0.6) is 0 Å². The van der Waals surface area contributed by atoms with Gasteiger partial charge in [-0.15, -0.1) is 0 Å². The third-order valence-corrected chi connectivity index (χ3v) is 4.36. The fourth-order valence-corrected chi connectivity index (χ4v) is 1.99. The van der Waals surface area contributed by atoms with Gasteiger partial charge in [0.25, 0.3) is 0 Å². The summed E-state index contributed by atoms with van der Waals surface area (Å²) in [4.78, 5) is 0. The van der Waals surface area contributed by atoms with Crippen molar-refractivity contribution in [1.29, 1.82) is 0 Å². The van der Waals surface area contributed by atoms with Gasteiger partial charge >= 0.3 is 0 Å². The van der Waals surface area contributed by atoms with Crippen LogP contribution in [-0.2, 0) is 0 Å². The van der Waals surface area contributed by atoms with Crippen molar-refractivity contribution < 1.29 is 0 Å². The Morgan fingerprint density at radius 1 is 0.619 bits per heavy atom. The molecule has 1 aliphatic carbocycles. The van der Waals surface area contributed by atoms with Gasteiger partial charge in [-0.05, 0) is 18.8 Å². The van der Waals surface area contributed by atoms with Gasteiger partial charge in [0.15, 0.2) is 0 Å². The van der Waals surface area contributed by atoms with Gasteiger partial charge in [-0.3, -0.25) is 0 Å². The zero-order valence-corrected chi connectivity index (χ0v) is 20.4. The Kier molecular flexibility index (Phi) is 47.5. The van der Waals surface area contributed by atoms with Gasteiger partial charge in [0.2, 0.25) is 0 Å².